The minimum absolute atomic E-state index is 0.330. The maximum atomic E-state index is 9.18. The second-order valence-corrected chi connectivity index (χ2v) is 6.31. The molecule has 2 aromatic carbocycles. The summed E-state index contributed by atoms with van der Waals surface area (Å²) in [6, 6.07) is 17.6. The van der Waals surface area contributed by atoms with E-state index in [4.69, 9.17) is 0 Å². The van der Waals surface area contributed by atoms with Crippen LogP contribution in [0.1, 0.15) is 18.4 Å². The van der Waals surface area contributed by atoms with Crippen molar-refractivity contribution in [2.24, 2.45) is 0 Å². The summed E-state index contributed by atoms with van der Waals surface area (Å²) >= 11 is 0. The molecule has 1 fully saturated rings. The van der Waals surface area contributed by atoms with Crippen LogP contribution in [0.3, 0.4) is 0 Å². The van der Waals surface area contributed by atoms with Crippen molar-refractivity contribution in [2.45, 2.75) is 12.8 Å². The predicted molar refractivity (Wildman–Crippen MR) is 105 cm³/mol. The Morgan fingerprint density at radius 1 is 0.963 bits per heavy atom. The number of aromatic nitrogens is 3. The van der Waals surface area contributed by atoms with Crippen LogP contribution in [-0.4, -0.2) is 28.3 Å². The summed E-state index contributed by atoms with van der Waals surface area (Å²) < 4.78 is 0. The molecule has 1 aromatic heterocycles. The van der Waals surface area contributed by atoms with Crippen molar-refractivity contribution in [3.05, 3.63) is 60.3 Å². The zero-order chi connectivity index (χ0) is 18.5. The third-order valence-electron chi connectivity index (χ3n) is 4.46. The number of nitrogens with zero attached hydrogens (tertiary/aromatic N) is 5. The SMILES string of the molecule is N#Cc1ccccc1Nc1nncc(Nc2ccc(N3CCCC3)cc2)n1. The van der Waals surface area contributed by atoms with Gasteiger partial charge in [-0.2, -0.15) is 15.3 Å². The van der Waals surface area contributed by atoms with Gasteiger partial charge in [-0.05, 0) is 49.2 Å². The molecule has 27 heavy (non-hydrogen) atoms. The lowest BCUT2D eigenvalue weighted by Crippen LogP contribution is -2.17. The van der Waals surface area contributed by atoms with Gasteiger partial charge in [0.1, 0.15) is 6.07 Å². The summed E-state index contributed by atoms with van der Waals surface area (Å²) in [6.45, 7) is 2.25. The fraction of sp³-hybridized carbons (Fsp3) is 0.200. The molecule has 134 valence electrons. The van der Waals surface area contributed by atoms with Crippen LogP contribution in [0.4, 0.5) is 28.8 Å². The Labute approximate surface area is 157 Å². The molecule has 1 aliphatic heterocycles. The van der Waals surface area contributed by atoms with Gasteiger partial charge in [-0.1, -0.05) is 12.1 Å². The molecule has 7 heteroatoms. The Morgan fingerprint density at radius 3 is 2.52 bits per heavy atom. The Kier molecular flexibility index (Phi) is 4.79. The summed E-state index contributed by atoms with van der Waals surface area (Å²) in [5.74, 6) is 0.909. The van der Waals surface area contributed by atoms with Crippen LogP contribution in [0.15, 0.2) is 54.7 Å². The first-order valence-electron chi connectivity index (χ1n) is 8.90. The topological polar surface area (TPSA) is 89.8 Å². The van der Waals surface area contributed by atoms with E-state index in [1.807, 2.05) is 24.3 Å². The molecular formula is C20H19N7. The van der Waals surface area contributed by atoms with E-state index < -0.39 is 0 Å². The Hall–Kier alpha value is -3.66. The number of hydrogen-bond acceptors (Lipinski definition) is 7. The van der Waals surface area contributed by atoms with E-state index in [2.05, 4.69) is 48.9 Å². The van der Waals surface area contributed by atoms with Crippen molar-refractivity contribution >= 4 is 28.8 Å². The number of benzene rings is 2. The highest BCUT2D eigenvalue weighted by atomic mass is 15.3. The Balaban J connectivity index is 1.47. The molecule has 0 spiro atoms. The molecule has 0 amide bonds. The highest BCUT2D eigenvalue weighted by Crippen LogP contribution is 2.24. The summed E-state index contributed by atoms with van der Waals surface area (Å²) in [5.41, 5.74) is 3.35. The second-order valence-electron chi connectivity index (χ2n) is 6.31. The van der Waals surface area contributed by atoms with Crippen LogP contribution in [0, 0.1) is 11.3 Å². The summed E-state index contributed by atoms with van der Waals surface area (Å²) in [6.07, 6.45) is 4.09. The standard InChI is InChI=1S/C20H19N7/c21-13-15-5-1-2-6-18(15)24-20-25-19(14-22-26-20)23-16-7-9-17(10-8-16)27-11-3-4-12-27/h1-2,5-10,14H,3-4,11-12H2,(H2,23,24,25,26). The highest BCUT2D eigenvalue weighted by Gasteiger charge is 2.12. The van der Waals surface area contributed by atoms with Crippen LogP contribution in [0.5, 0.6) is 0 Å². The molecule has 0 saturated carbocycles. The van der Waals surface area contributed by atoms with E-state index >= 15 is 0 Å². The zero-order valence-electron chi connectivity index (χ0n) is 14.8. The maximum Gasteiger partial charge on any atom is 0.249 e. The Bertz CT molecular complexity index is 957. The molecular weight excluding hydrogens is 338 g/mol. The first kappa shape index (κ1) is 16.8. The van der Waals surface area contributed by atoms with Gasteiger partial charge in [0.2, 0.25) is 5.95 Å². The van der Waals surface area contributed by atoms with Crippen LogP contribution >= 0.6 is 0 Å². The fourth-order valence-electron chi connectivity index (χ4n) is 3.11. The number of rotatable bonds is 5. The van der Waals surface area contributed by atoms with Gasteiger partial charge in [-0.3, -0.25) is 0 Å². The summed E-state index contributed by atoms with van der Waals surface area (Å²) in [4.78, 5) is 6.82. The van der Waals surface area contributed by atoms with Crippen LogP contribution in [0.2, 0.25) is 0 Å². The monoisotopic (exact) mass is 357 g/mol. The number of para-hydroxylation sites is 1. The molecule has 4 rings (SSSR count). The largest absolute Gasteiger partial charge is 0.372 e. The lowest BCUT2D eigenvalue weighted by atomic mass is 10.2. The molecule has 2 N–H and O–H groups in total. The lowest BCUT2D eigenvalue weighted by molar-refractivity contribution is 0.949. The maximum absolute atomic E-state index is 9.18. The number of nitriles is 1. The smallest absolute Gasteiger partial charge is 0.249 e. The average Bonchev–Trinajstić information content (AvgIpc) is 3.24. The van der Waals surface area contributed by atoms with E-state index in [-0.39, 0.29) is 0 Å². The van der Waals surface area contributed by atoms with Crippen molar-refractivity contribution in [1.82, 2.24) is 15.2 Å². The normalized spacial score (nSPS) is 13.2. The van der Waals surface area contributed by atoms with Crippen molar-refractivity contribution in [3.63, 3.8) is 0 Å². The van der Waals surface area contributed by atoms with Gasteiger partial charge in [-0.25, -0.2) is 0 Å². The molecule has 3 aromatic rings. The minimum Gasteiger partial charge on any atom is -0.372 e. The van der Waals surface area contributed by atoms with E-state index in [1.54, 1.807) is 18.3 Å². The summed E-state index contributed by atoms with van der Waals surface area (Å²) in [7, 11) is 0. The second kappa shape index (κ2) is 7.70. The third kappa shape index (κ3) is 3.96. The highest BCUT2D eigenvalue weighted by molar-refractivity contribution is 5.64. The predicted octanol–water partition coefficient (Wildman–Crippen LogP) is 3.83. The third-order valence-corrected chi connectivity index (χ3v) is 4.46. The first-order valence-corrected chi connectivity index (χ1v) is 8.90. The lowest BCUT2D eigenvalue weighted by Gasteiger charge is -2.17. The average molecular weight is 357 g/mol. The van der Waals surface area contributed by atoms with Gasteiger partial charge >= 0.3 is 0 Å². The van der Waals surface area contributed by atoms with E-state index in [0.717, 1.165) is 18.8 Å². The molecule has 0 bridgehead atoms. The molecule has 2 heterocycles. The Morgan fingerprint density at radius 2 is 1.74 bits per heavy atom. The zero-order valence-corrected chi connectivity index (χ0v) is 14.8. The van der Waals surface area contributed by atoms with E-state index in [9.17, 15) is 5.26 Å². The van der Waals surface area contributed by atoms with Gasteiger partial charge in [0.15, 0.2) is 5.82 Å². The van der Waals surface area contributed by atoms with Crippen LogP contribution in [-0.2, 0) is 0 Å². The quantitative estimate of drug-likeness (QED) is 0.717. The van der Waals surface area contributed by atoms with Crippen molar-refractivity contribution in [1.29, 1.82) is 5.26 Å². The first-order chi connectivity index (χ1) is 13.3. The molecule has 7 nitrogen and oxygen atoms in total. The van der Waals surface area contributed by atoms with Gasteiger partial charge in [0, 0.05) is 24.5 Å². The fourth-order valence-corrected chi connectivity index (χ4v) is 3.11. The van der Waals surface area contributed by atoms with Gasteiger partial charge < -0.3 is 15.5 Å². The van der Waals surface area contributed by atoms with Crippen molar-refractivity contribution in [2.75, 3.05) is 28.6 Å². The van der Waals surface area contributed by atoms with E-state index in [0.29, 0.717) is 23.0 Å². The van der Waals surface area contributed by atoms with E-state index in [1.165, 1.54) is 18.5 Å². The number of anilines is 5. The molecule has 0 unspecified atom stereocenters. The minimum atomic E-state index is 0.330. The van der Waals surface area contributed by atoms with Gasteiger partial charge in [0.25, 0.3) is 0 Å². The van der Waals surface area contributed by atoms with Crippen LogP contribution < -0.4 is 15.5 Å². The molecule has 0 aliphatic carbocycles. The van der Waals surface area contributed by atoms with Crippen molar-refractivity contribution < 1.29 is 0 Å². The van der Waals surface area contributed by atoms with Gasteiger partial charge in [-0.15, -0.1) is 5.10 Å². The van der Waals surface area contributed by atoms with Crippen LogP contribution in [0.25, 0.3) is 0 Å². The molecule has 0 radical (unpaired) electrons. The summed E-state index contributed by atoms with van der Waals surface area (Å²) in [5, 5.41) is 23.4. The number of nitrogens with one attached hydrogen (secondary N) is 2. The number of hydrogen-bond donors (Lipinski definition) is 2. The van der Waals surface area contributed by atoms with Gasteiger partial charge in [0.05, 0.1) is 17.4 Å². The molecule has 0 atom stereocenters. The van der Waals surface area contributed by atoms with Crippen molar-refractivity contribution in [3.8, 4) is 6.07 Å². The molecule has 1 aliphatic rings. The molecule has 1 saturated heterocycles.